The summed E-state index contributed by atoms with van der Waals surface area (Å²) in [6.07, 6.45) is 0. The van der Waals surface area contributed by atoms with Crippen LogP contribution >= 0.6 is 22.6 Å². The molecule has 0 aromatic heterocycles. The van der Waals surface area contributed by atoms with Gasteiger partial charge in [0.2, 0.25) is 0 Å². The minimum atomic E-state index is -1.04. The zero-order chi connectivity index (χ0) is 11.3. The van der Waals surface area contributed by atoms with E-state index in [0.717, 1.165) is 0 Å². The Morgan fingerprint density at radius 3 is 2.47 bits per heavy atom. The van der Waals surface area contributed by atoms with Gasteiger partial charge in [0.1, 0.15) is 0 Å². The minimum absolute atomic E-state index is 0.229. The smallest absolute Gasteiger partial charge is 0.0972 e. The molecule has 4 heteroatoms. The molecule has 1 atom stereocenters. The third-order valence-corrected chi connectivity index (χ3v) is 2.81. The number of hydrogen-bond donors (Lipinski definition) is 3. The van der Waals surface area contributed by atoms with Crippen molar-refractivity contribution in [2.24, 2.45) is 0 Å². The lowest BCUT2D eigenvalue weighted by atomic mass is 10.1. The molecule has 0 aliphatic heterocycles. The Labute approximate surface area is 104 Å². The summed E-state index contributed by atoms with van der Waals surface area (Å²) in [5.41, 5.74) is 0.132. The number of hydrogen-bond acceptors (Lipinski definition) is 3. The summed E-state index contributed by atoms with van der Waals surface area (Å²) in [6.45, 7) is 2.46. The van der Waals surface area contributed by atoms with Crippen LogP contribution in [0.25, 0.3) is 0 Å². The SMILES string of the molecule is CC(O)(CO)CNCc1ccc(I)cc1. The maximum Gasteiger partial charge on any atom is 0.0972 e. The molecule has 3 N–H and O–H groups in total. The van der Waals surface area contributed by atoms with E-state index >= 15 is 0 Å². The summed E-state index contributed by atoms with van der Waals surface area (Å²) in [4.78, 5) is 0. The molecule has 0 spiro atoms. The Hall–Kier alpha value is -0.170. The highest BCUT2D eigenvalue weighted by Crippen LogP contribution is 2.07. The van der Waals surface area contributed by atoms with Crippen molar-refractivity contribution in [2.75, 3.05) is 13.2 Å². The van der Waals surface area contributed by atoms with Crippen molar-refractivity contribution >= 4 is 22.6 Å². The summed E-state index contributed by atoms with van der Waals surface area (Å²) < 4.78 is 1.21. The zero-order valence-corrected chi connectivity index (χ0v) is 10.9. The molecular formula is C11H16INO2. The van der Waals surface area contributed by atoms with Crippen LogP contribution < -0.4 is 5.32 Å². The number of rotatable bonds is 5. The lowest BCUT2D eigenvalue weighted by molar-refractivity contribution is 0.00254. The van der Waals surface area contributed by atoms with E-state index in [1.165, 1.54) is 9.13 Å². The number of halogens is 1. The molecule has 84 valence electrons. The van der Waals surface area contributed by atoms with Crippen LogP contribution in [-0.2, 0) is 6.54 Å². The van der Waals surface area contributed by atoms with Crippen molar-refractivity contribution in [3.8, 4) is 0 Å². The fraction of sp³-hybridized carbons (Fsp3) is 0.455. The molecule has 0 amide bonds. The van der Waals surface area contributed by atoms with Crippen molar-refractivity contribution in [1.82, 2.24) is 5.32 Å². The highest BCUT2D eigenvalue weighted by atomic mass is 127. The highest BCUT2D eigenvalue weighted by Gasteiger charge is 2.17. The Morgan fingerprint density at radius 1 is 1.33 bits per heavy atom. The van der Waals surface area contributed by atoms with E-state index in [0.29, 0.717) is 13.1 Å². The fourth-order valence-corrected chi connectivity index (χ4v) is 1.49. The molecule has 0 bridgehead atoms. The van der Waals surface area contributed by atoms with Gasteiger partial charge in [-0.2, -0.15) is 0 Å². The van der Waals surface area contributed by atoms with Crippen molar-refractivity contribution < 1.29 is 10.2 Å². The second-order valence-electron chi connectivity index (χ2n) is 3.89. The van der Waals surface area contributed by atoms with Crippen molar-refractivity contribution in [3.05, 3.63) is 33.4 Å². The minimum Gasteiger partial charge on any atom is -0.393 e. The third kappa shape index (κ3) is 4.92. The molecule has 1 aromatic rings. The van der Waals surface area contributed by atoms with Crippen LogP contribution in [0.4, 0.5) is 0 Å². The molecule has 1 aromatic carbocycles. The lowest BCUT2D eigenvalue weighted by Gasteiger charge is -2.20. The molecule has 1 rings (SSSR count). The Kier molecular flexibility index (Phi) is 4.98. The molecule has 0 aliphatic carbocycles. The van der Waals surface area contributed by atoms with Crippen LogP contribution in [0.5, 0.6) is 0 Å². The third-order valence-electron chi connectivity index (χ3n) is 2.09. The summed E-state index contributed by atoms with van der Waals surface area (Å²) in [5, 5.41) is 21.5. The largest absolute Gasteiger partial charge is 0.393 e. The maximum absolute atomic E-state index is 9.53. The first kappa shape index (κ1) is 12.9. The first-order chi connectivity index (χ1) is 7.03. The van der Waals surface area contributed by atoms with Gasteiger partial charge < -0.3 is 15.5 Å². The second-order valence-corrected chi connectivity index (χ2v) is 5.13. The number of aliphatic hydroxyl groups is 2. The van der Waals surface area contributed by atoms with Crippen LogP contribution in [0.3, 0.4) is 0 Å². The molecule has 1 unspecified atom stereocenters. The monoisotopic (exact) mass is 321 g/mol. The van der Waals surface area contributed by atoms with Crippen molar-refractivity contribution in [2.45, 2.75) is 19.1 Å². The van der Waals surface area contributed by atoms with Crippen LogP contribution in [-0.4, -0.2) is 29.0 Å². The molecule has 0 heterocycles. The van der Waals surface area contributed by atoms with Gasteiger partial charge in [-0.3, -0.25) is 0 Å². The van der Waals surface area contributed by atoms with Gasteiger partial charge >= 0.3 is 0 Å². The molecule has 0 aliphatic rings. The van der Waals surface area contributed by atoms with E-state index in [-0.39, 0.29) is 6.61 Å². The normalized spacial score (nSPS) is 14.9. The van der Waals surface area contributed by atoms with Gasteiger partial charge in [-0.1, -0.05) is 12.1 Å². The fourth-order valence-electron chi connectivity index (χ4n) is 1.13. The van der Waals surface area contributed by atoms with E-state index in [1.54, 1.807) is 6.92 Å². The lowest BCUT2D eigenvalue weighted by Crippen LogP contribution is -2.40. The van der Waals surface area contributed by atoms with Crippen LogP contribution in [0.2, 0.25) is 0 Å². The Bertz CT molecular complexity index is 298. The predicted molar refractivity (Wildman–Crippen MR) is 68.6 cm³/mol. The zero-order valence-electron chi connectivity index (χ0n) is 8.70. The average molecular weight is 321 g/mol. The van der Waals surface area contributed by atoms with E-state index in [2.05, 4.69) is 27.9 Å². The molecule has 3 nitrogen and oxygen atoms in total. The van der Waals surface area contributed by atoms with Gasteiger partial charge in [-0.15, -0.1) is 0 Å². The second kappa shape index (κ2) is 5.79. The quantitative estimate of drug-likeness (QED) is 0.713. The van der Waals surface area contributed by atoms with E-state index < -0.39 is 5.60 Å². The van der Waals surface area contributed by atoms with Crippen molar-refractivity contribution in [1.29, 1.82) is 0 Å². The summed E-state index contributed by atoms with van der Waals surface area (Å²) in [6, 6.07) is 8.17. The summed E-state index contributed by atoms with van der Waals surface area (Å²) >= 11 is 2.26. The van der Waals surface area contributed by atoms with Crippen LogP contribution in [0.15, 0.2) is 24.3 Å². The molecule has 0 saturated carbocycles. The standard InChI is InChI=1S/C11H16INO2/c1-11(15,8-14)7-13-6-9-2-4-10(12)5-3-9/h2-5,13-15H,6-8H2,1H3. The Morgan fingerprint density at radius 2 is 1.93 bits per heavy atom. The van der Waals surface area contributed by atoms with Crippen LogP contribution in [0, 0.1) is 3.57 Å². The first-order valence-electron chi connectivity index (χ1n) is 4.82. The number of benzene rings is 1. The van der Waals surface area contributed by atoms with Crippen molar-refractivity contribution in [3.63, 3.8) is 0 Å². The maximum atomic E-state index is 9.53. The Balaban J connectivity index is 2.35. The molecule has 15 heavy (non-hydrogen) atoms. The first-order valence-corrected chi connectivity index (χ1v) is 5.90. The number of aliphatic hydroxyl groups excluding tert-OH is 1. The van der Waals surface area contributed by atoms with E-state index in [4.69, 9.17) is 5.11 Å². The summed E-state index contributed by atoms with van der Waals surface area (Å²) in [5.74, 6) is 0. The molecule has 0 fully saturated rings. The van der Waals surface area contributed by atoms with Gasteiger partial charge in [-0.05, 0) is 47.2 Å². The highest BCUT2D eigenvalue weighted by molar-refractivity contribution is 14.1. The van der Waals surface area contributed by atoms with Gasteiger partial charge in [0.25, 0.3) is 0 Å². The predicted octanol–water partition coefficient (Wildman–Crippen LogP) is 1.12. The van der Waals surface area contributed by atoms with Crippen LogP contribution in [0.1, 0.15) is 12.5 Å². The summed E-state index contributed by atoms with van der Waals surface area (Å²) in [7, 11) is 0. The molecule has 0 saturated heterocycles. The van der Waals surface area contributed by atoms with Gasteiger partial charge in [0.15, 0.2) is 0 Å². The molecular weight excluding hydrogens is 305 g/mol. The van der Waals surface area contributed by atoms with E-state index in [1.807, 2.05) is 24.3 Å². The van der Waals surface area contributed by atoms with Gasteiger partial charge in [0, 0.05) is 16.7 Å². The van der Waals surface area contributed by atoms with Gasteiger partial charge in [-0.25, -0.2) is 0 Å². The average Bonchev–Trinajstić information content (AvgIpc) is 2.21. The number of nitrogens with one attached hydrogen (secondary N) is 1. The topological polar surface area (TPSA) is 52.5 Å². The van der Waals surface area contributed by atoms with Gasteiger partial charge in [0.05, 0.1) is 12.2 Å². The van der Waals surface area contributed by atoms with E-state index in [9.17, 15) is 5.11 Å². The molecule has 0 radical (unpaired) electrons.